The molecule has 108 valence electrons. The first-order chi connectivity index (χ1) is 9.60. The molecule has 3 heteroatoms. The van der Waals surface area contributed by atoms with E-state index in [2.05, 4.69) is 54.6 Å². The van der Waals surface area contributed by atoms with E-state index in [0.29, 0.717) is 5.92 Å². The van der Waals surface area contributed by atoms with Gasteiger partial charge in [-0.25, -0.2) is 4.98 Å². The van der Waals surface area contributed by atoms with Crippen molar-refractivity contribution in [3.05, 3.63) is 53.6 Å². The number of hydrogen-bond acceptors (Lipinski definition) is 2. The first-order valence-electron chi connectivity index (χ1n) is 7.44. The molecule has 1 aromatic carbocycles. The Bertz CT molecular complexity index is 525. The Morgan fingerprint density at radius 3 is 2.50 bits per heavy atom. The van der Waals surface area contributed by atoms with Crippen molar-refractivity contribution in [2.45, 2.75) is 52.1 Å². The van der Waals surface area contributed by atoms with Crippen molar-refractivity contribution in [1.82, 2.24) is 9.55 Å². The second-order valence-electron chi connectivity index (χ2n) is 5.74. The number of nitrogens with zero attached hydrogens (tertiary/aromatic N) is 2. The lowest BCUT2D eigenvalue weighted by Crippen LogP contribution is -2.23. The Kier molecular flexibility index (Phi) is 4.96. The zero-order chi connectivity index (χ0) is 14.5. The fraction of sp³-hybridized carbons (Fsp3) is 0.471. The third kappa shape index (κ3) is 3.70. The van der Waals surface area contributed by atoms with Crippen molar-refractivity contribution in [3.8, 4) is 0 Å². The molecule has 1 aromatic heterocycles. The van der Waals surface area contributed by atoms with Gasteiger partial charge in [-0.1, -0.05) is 45.0 Å². The van der Waals surface area contributed by atoms with Crippen LogP contribution in [0.4, 0.5) is 0 Å². The van der Waals surface area contributed by atoms with Crippen LogP contribution in [0.25, 0.3) is 0 Å². The number of imidazole rings is 1. The molecule has 3 nitrogen and oxygen atoms in total. The van der Waals surface area contributed by atoms with Crippen LogP contribution in [0.15, 0.2) is 36.7 Å². The minimum Gasteiger partial charge on any atom is -0.330 e. The summed E-state index contributed by atoms with van der Waals surface area (Å²) in [5.41, 5.74) is 8.71. The Labute approximate surface area is 121 Å². The van der Waals surface area contributed by atoms with E-state index in [4.69, 9.17) is 5.73 Å². The number of nitrogens with two attached hydrogens (primary N) is 1. The maximum absolute atomic E-state index is 6.03. The minimum absolute atomic E-state index is 0.194. The van der Waals surface area contributed by atoms with Gasteiger partial charge < -0.3 is 10.3 Å². The van der Waals surface area contributed by atoms with Gasteiger partial charge >= 0.3 is 0 Å². The summed E-state index contributed by atoms with van der Waals surface area (Å²) in [4.78, 5) is 4.43. The molecule has 0 bridgehead atoms. The number of hydrogen-bond donors (Lipinski definition) is 1. The van der Waals surface area contributed by atoms with E-state index in [9.17, 15) is 0 Å². The third-order valence-corrected chi connectivity index (χ3v) is 3.77. The molecular formula is C17H25N3. The van der Waals surface area contributed by atoms with E-state index >= 15 is 0 Å². The van der Waals surface area contributed by atoms with Gasteiger partial charge in [0.2, 0.25) is 0 Å². The Morgan fingerprint density at radius 1 is 1.20 bits per heavy atom. The van der Waals surface area contributed by atoms with Gasteiger partial charge in [-0.3, -0.25) is 0 Å². The summed E-state index contributed by atoms with van der Waals surface area (Å²) in [7, 11) is 0. The van der Waals surface area contributed by atoms with Gasteiger partial charge in [-0.2, -0.15) is 0 Å². The van der Waals surface area contributed by atoms with Crippen LogP contribution >= 0.6 is 0 Å². The van der Waals surface area contributed by atoms with Gasteiger partial charge in [0.05, 0.1) is 0 Å². The highest BCUT2D eigenvalue weighted by atomic mass is 15.1. The maximum atomic E-state index is 6.03. The lowest BCUT2D eigenvalue weighted by molar-refractivity contribution is 0.597. The van der Waals surface area contributed by atoms with E-state index in [-0.39, 0.29) is 6.04 Å². The van der Waals surface area contributed by atoms with Crippen molar-refractivity contribution >= 4 is 0 Å². The second-order valence-corrected chi connectivity index (χ2v) is 5.74. The average molecular weight is 271 g/mol. The van der Waals surface area contributed by atoms with E-state index in [1.165, 1.54) is 11.1 Å². The van der Waals surface area contributed by atoms with Crippen LogP contribution in [-0.2, 0) is 13.0 Å². The molecule has 0 aliphatic carbocycles. The van der Waals surface area contributed by atoms with Crippen LogP contribution in [0.3, 0.4) is 0 Å². The zero-order valence-electron chi connectivity index (χ0n) is 12.7. The molecule has 2 N–H and O–H groups in total. The summed E-state index contributed by atoms with van der Waals surface area (Å²) in [5.74, 6) is 1.66. The summed E-state index contributed by atoms with van der Waals surface area (Å²) in [6.07, 6.45) is 5.72. The molecule has 0 aliphatic rings. The Morgan fingerprint density at radius 2 is 1.90 bits per heavy atom. The predicted molar refractivity (Wildman–Crippen MR) is 83.8 cm³/mol. The quantitative estimate of drug-likeness (QED) is 0.875. The molecule has 20 heavy (non-hydrogen) atoms. The maximum Gasteiger partial charge on any atom is 0.110 e. The highest BCUT2D eigenvalue weighted by Gasteiger charge is 2.08. The van der Waals surface area contributed by atoms with Gasteiger partial charge in [0, 0.05) is 31.4 Å². The molecule has 1 atom stereocenters. The van der Waals surface area contributed by atoms with Crippen LogP contribution in [0.1, 0.15) is 50.1 Å². The number of aromatic nitrogens is 2. The van der Waals surface area contributed by atoms with Gasteiger partial charge in [0.25, 0.3) is 0 Å². The summed E-state index contributed by atoms with van der Waals surface area (Å²) in [5, 5.41) is 0. The van der Waals surface area contributed by atoms with Crippen molar-refractivity contribution in [2.75, 3.05) is 0 Å². The van der Waals surface area contributed by atoms with E-state index in [1.807, 2.05) is 12.4 Å². The summed E-state index contributed by atoms with van der Waals surface area (Å²) >= 11 is 0. The predicted octanol–water partition coefficient (Wildman–Crippen LogP) is 3.33. The molecule has 0 saturated carbocycles. The lowest BCUT2D eigenvalue weighted by Gasteiger charge is -2.12. The minimum atomic E-state index is 0.194. The molecule has 2 rings (SSSR count). The van der Waals surface area contributed by atoms with Crippen molar-refractivity contribution < 1.29 is 0 Å². The first kappa shape index (κ1) is 14.8. The van der Waals surface area contributed by atoms with Crippen LogP contribution < -0.4 is 5.73 Å². The molecule has 0 saturated heterocycles. The first-order valence-corrected chi connectivity index (χ1v) is 7.44. The molecule has 0 aliphatic heterocycles. The van der Waals surface area contributed by atoms with E-state index in [1.54, 1.807) is 0 Å². The van der Waals surface area contributed by atoms with Gasteiger partial charge in [0.1, 0.15) is 5.82 Å². The molecule has 2 aromatic rings. The summed E-state index contributed by atoms with van der Waals surface area (Å²) in [6, 6.07) is 9.04. The van der Waals surface area contributed by atoms with Crippen molar-refractivity contribution in [3.63, 3.8) is 0 Å². The van der Waals surface area contributed by atoms with Gasteiger partial charge in [-0.15, -0.1) is 0 Å². The zero-order valence-corrected chi connectivity index (χ0v) is 12.7. The highest BCUT2D eigenvalue weighted by molar-refractivity contribution is 5.25. The molecule has 0 radical (unpaired) electrons. The molecule has 0 fully saturated rings. The fourth-order valence-electron chi connectivity index (χ4n) is 2.26. The van der Waals surface area contributed by atoms with Crippen LogP contribution in [0, 0.1) is 0 Å². The van der Waals surface area contributed by atoms with Gasteiger partial charge in [0.15, 0.2) is 0 Å². The Hall–Kier alpha value is -1.61. The SMILES string of the molecule is CCC(N)Cc1nccn1Cc1ccc(C(C)C)cc1. The summed E-state index contributed by atoms with van der Waals surface area (Å²) < 4.78 is 2.19. The molecule has 0 amide bonds. The third-order valence-electron chi connectivity index (χ3n) is 3.77. The van der Waals surface area contributed by atoms with Gasteiger partial charge in [-0.05, 0) is 23.5 Å². The smallest absolute Gasteiger partial charge is 0.110 e. The van der Waals surface area contributed by atoms with Crippen LogP contribution in [0.5, 0.6) is 0 Å². The lowest BCUT2D eigenvalue weighted by atomic mass is 10.0. The molecular weight excluding hydrogens is 246 g/mol. The normalized spacial score (nSPS) is 12.8. The number of benzene rings is 1. The second kappa shape index (κ2) is 6.71. The monoisotopic (exact) mass is 271 g/mol. The largest absolute Gasteiger partial charge is 0.330 e. The molecule has 1 unspecified atom stereocenters. The fourth-order valence-corrected chi connectivity index (χ4v) is 2.26. The van der Waals surface area contributed by atoms with E-state index in [0.717, 1.165) is 25.2 Å². The van der Waals surface area contributed by atoms with Crippen LogP contribution in [-0.4, -0.2) is 15.6 Å². The van der Waals surface area contributed by atoms with Crippen LogP contribution in [0.2, 0.25) is 0 Å². The standard InChI is InChI=1S/C17H25N3/c1-4-16(18)11-17-19-9-10-20(17)12-14-5-7-15(8-6-14)13(2)3/h5-10,13,16H,4,11-12,18H2,1-3H3. The van der Waals surface area contributed by atoms with E-state index < -0.39 is 0 Å². The Balaban J connectivity index is 2.08. The molecule has 1 heterocycles. The number of rotatable bonds is 6. The van der Waals surface area contributed by atoms with Crippen molar-refractivity contribution in [2.24, 2.45) is 5.73 Å². The topological polar surface area (TPSA) is 43.8 Å². The average Bonchev–Trinajstić information content (AvgIpc) is 2.86. The van der Waals surface area contributed by atoms with Crippen molar-refractivity contribution in [1.29, 1.82) is 0 Å². The summed E-state index contributed by atoms with van der Waals surface area (Å²) in [6.45, 7) is 7.41. The highest BCUT2D eigenvalue weighted by Crippen LogP contribution is 2.16. The molecule has 0 spiro atoms.